The van der Waals surface area contributed by atoms with Crippen LogP contribution in [0.2, 0.25) is 0 Å². The molecule has 0 aliphatic carbocycles. The van der Waals surface area contributed by atoms with Crippen LogP contribution in [0.15, 0.2) is 42.5 Å². The van der Waals surface area contributed by atoms with E-state index in [-0.39, 0.29) is 23.7 Å². The molecule has 0 amide bonds. The second-order valence-electron chi connectivity index (χ2n) is 5.71. The van der Waals surface area contributed by atoms with Crippen LogP contribution in [0.1, 0.15) is 29.2 Å². The molecule has 0 aromatic heterocycles. The lowest BCUT2D eigenvalue weighted by Crippen LogP contribution is -2.30. The van der Waals surface area contributed by atoms with Gasteiger partial charge >= 0.3 is 0 Å². The molecule has 0 fully saturated rings. The van der Waals surface area contributed by atoms with Crippen molar-refractivity contribution in [2.24, 2.45) is 5.73 Å². The van der Waals surface area contributed by atoms with Gasteiger partial charge in [0.2, 0.25) is 0 Å². The predicted octanol–water partition coefficient (Wildman–Crippen LogP) is 2.67. The number of fused-ring (bicyclic) bond motifs is 1. The minimum atomic E-state index is -0.226. The summed E-state index contributed by atoms with van der Waals surface area (Å²) in [6, 6.07) is 13.5. The highest BCUT2D eigenvalue weighted by atomic mass is 16.5. The number of aryl methyl sites for hydroxylation is 1. The quantitative estimate of drug-likeness (QED) is 0.759. The molecule has 1 unspecified atom stereocenters. The average Bonchev–Trinajstić information content (AvgIpc) is 2.57. The number of phenolic OH excluding ortho intramolecular Hbond substituents is 2. The SMILES string of the molecule is NC[C@@H]1OC(CCc2ccccc2)Cc2c1ccc(O)c2O. The molecule has 1 aliphatic heterocycles. The summed E-state index contributed by atoms with van der Waals surface area (Å²) in [6.07, 6.45) is 2.14. The predicted molar refractivity (Wildman–Crippen MR) is 84.9 cm³/mol. The Morgan fingerprint density at radius 2 is 1.86 bits per heavy atom. The summed E-state index contributed by atoms with van der Waals surface area (Å²) in [5.74, 6) is -0.123. The zero-order valence-corrected chi connectivity index (χ0v) is 12.4. The lowest BCUT2D eigenvalue weighted by Gasteiger charge is -2.32. The number of aromatic hydroxyl groups is 2. The number of benzene rings is 2. The van der Waals surface area contributed by atoms with E-state index in [9.17, 15) is 10.2 Å². The molecule has 2 aromatic rings. The number of hydrogen-bond acceptors (Lipinski definition) is 4. The Kier molecular flexibility index (Phi) is 4.32. The van der Waals surface area contributed by atoms with Gasteiger partial charge in [-0.05, 0) is 30.0 Å². The van der Waals surface area contributed by atoms with Crippen LogP contribution in [0.5, 0.6) is 11.5 Å². The number of phenols is 2. The maximum atomic E-state index is 10.1. The van der Waals surface area contributed by atoms with Gasteiger partial charge in [-0.2, -0.15) is 0 Å². The van der Waals surface area contributed by atoms with E-state index < -0.39 is 0 Å². The molecule has 22 heavy (non-hydrogen) atoms. The van der Waals surface area contributed by atoms with Crippen molar-refractivity contribution >= 4 is 0 Å². The van der Waals surface area contributed by atoms with Gasteiger partial charge in [-0.15, -0.1) is 0 Å². The molecule has 116 valence electrons. The summed E-state index contributed by atoms with van der Waals surface area (Å²) in [5, 5.41) is 19.8. The minimum absolute atomic E-state index is 0.00560. The first-order valence-electron chi connectivity index (χ1n) is 7.62. The van der Waals surface area contributed by atoms with E-state index in [1.54, 1.807) is 6.07 Å². The van der Waals surface area contributed by atoms with Crippen molar-refractivity contribution in [2.75, 3.05) is 6.54 Å². The highest BCUT2D eigenvalue weighted by Gasteiger charge is 2.29. The maximum absolute atomic E-state index is 10.1. The van der Waals surface area contributed by atoms with E-state index in [4.69, 9.17) is 10.5 Å². The van der Waals surface area contributed by atoms with Crippen LogP contribution in [-0.4, -0.2) is 22.9 Å². The van der Waals surface area contributed by atoms with Gasteiger partial charge in [-0.3, -0.25) is 0 Å². The third-order valence-corrected chi connectivity index (χ3v) is 4.24. The lowest BCUT2D eigenvalue weighted by molar-refractivity contribution is -0.0250. The maximum Gasteiger partial charge on any atom is 0.161 e. The molecule has 4 nitrogen and oxygen atoms in total. The van der Waals surface area contributed by atoms with Crippen LogP contribution in [0.3, 0.4) is 0 Å². The van der Waals surface area contributed by atoms with E-state index >= 15 is 0 Å². The number of ether oxygens (including phenoxy) is 1. The number of nitrogens with two attached hydrogens (primary N) is 1. The Bertz CT molecular complexity index is 642. The van der Waals surface area contributed by atoms with E-state index in [0.717, 1.165) is 24.0 Å². The van der Waals surface area contributed by atoms with E-state index in [0.29, 0.717) is 13.0 Å². The second-order valence-corrected chi connectivity index (χ2v) is 5.71. The average molecular weight is 299 g/mol. The zero-order valence-electron chi connectivity index (χ0n) is 12.4. The summed E-state index contributed by atoms with van der Waals surface area (Å²) in [6.45, 7) is 0.360. The van der Waals surface area contributed by atoms with Gasteiger partial charge in [-0.25, -0.2) is 0 Å². The fourth-order valence-corrected chi connectivity index (χ4v) is 3.06. The minimum Gasteiger partial charge on any atom is -0.504 e. The van der Waals surface area contributed by atoms with Crippen LogP contribution in [0.4, 0.5) is 0 Å². The molecule has 4 N–H and O–H groups in total. The second kappa shape index (κ2) is 6.38. The highest BCUT2D eigenvalue weighted by molar-refractivity contribution is 5.51. The molecule has 0 bridgehead atoms. The van der Waals surface area contributed by atoms with Gasteiger partial charge < -0.3 is 20.7 Å². The fourth-order valence-electron chi connectivity index (χ4n) is 3.06. The third kappa shape index (κ3) is 2.93. The molecule has 4 heteroatoms. The largest absolute Gasteiger partial charge is 0.504 e. The number of rotatable bonds is 4. The molecule has 0 radical (unpaired) electrons. The molecule has 2 aromatic carbocycles. The smallest absolute Gasteiger partial charge is 0.161 e. The van der Waals surface area contributed by atoms with E-state index in [2.05, 4.69) is 12.1 Å². The summed E-state index contributed by atoms with van der Waals surface area (Å²) in [5.41, 5.74) is 8.72. The van der Waals surface area contributed by atoms with Gasteiger partial charge in [0.05, 0.1) is 12.2 Å². The summed E-state index contributed by atoms with van der Waals surface area (Å²) < 4.78 is 6.06. The van der Waals surface area contributed by atoms with Crippen molar-refractivity contribution in [3.05, 3.63) is 59.2 Å². The van der Waals surface area contributed by atoms with Crippen LogP contribution in [-0.2, 0) is 17.6 Å². The first-order chi connectivity index (χ1) is 10.7. The molecule has 0 saturated heterocycles. The van der Waals surface area contributed by atoms with Crippen molar-refractivity contribution in [2.45, 2.75) is 31.5 Å². The van der Waals surface area contributed by atoms with Crippen LogP contribution < -0.4 is 5.73 Å². The van der Waals surface area contributed by atoms with Crippen molar-refractivity contribution in [1.82, 2.24) is 0 Å². The van der Waals surface area contributed by atoms with Gasteiger partial charge in [-0.1, -0.05) is 36.4 Å². The van der Waals surface area contributed by atoms with Crippen LogP contribution in [0, 0.1) is 0 Å². The summed E-state index contributed by atoms with van der Waals surface area (Å²) in [4.78, 5) is 0. The molecular formula is C18H21NO3. The van der Waals surface area contributed by atoms with Gasteiger partial charge in [0, 0.05) is 18.5 Å². The third-order valence-electron chi connectivity index (χ3n) is 4.24. The van der Waals surface area contributed by atoms with Crippen molar-refractivity contribution in [3.8, 4) is 11.5 Å². The normalized spacial score (nSPS) is 20.6. The molecule has 0 saturated carbocycles. The van der Waals surface area contributed by atoms with E-state index in [1.165, 1.54) is 11.6 Å². The number of hydrogen-bond donors (Lipinski definition) is 3. The Morgan fingerprint density at radius 3 is 2.59 bits per heavy atom. The Hall–Kier alpha value is -2.04. The molecule has 2 atom stereocenters. The zero-order chi connectivity index (χ0) is 15.5. The van der Waals surface area contributed by atoms with Crippen LogP contribution in [0.25, 0.3) is 0 Å². The highest BCUT2D eigenvalue weighted by Crippen LogP contribution is 2.40. The molecule has 1 heterocycles. The van der Waals surface area contributed by atoms with Gasteiger partial charge in [0.1, 0.15) is 0 Å². The standard InChI is InChI=1S/C18H21NO3/c19-11-17-14-8-9-16(20)18(21)15(14)10-13(22-17)7-6-12-4-2-1-3-5-12/h1-5,8-9,13,17,20-21H,6-7,10-11,19H2/t13?,17-/m0/s1. The van der Waals surface area contributed by atoms with Crippen molar-refractivity contribution < 1.29 is 14.9 Å². The van der Waals surface area contributed by atoms with Crippen LogP contribution >= 0.6 is 0 Å². The molecule has 0 spiro atoms. The summed E-state index contributed by atoms with van der Waals surface area (Å²) >= 11 is 0. The first-order valence-corrected chi connectivity index (χ1v) is 7.62. The lowest BCUT2D eigenvalue weighted by atomic mass is 9.90. The summed E-state index contributed by atoms with van der Waals surface area (Å²) in [7, 11) is 0. The van der Waals surface area contributed by atoms with Crippen molar-refractivity contribution in [1.29, 1.82) is 0 Å². The molecular weight excluding hydrogens is 278 g/mol. The van der Waals surface area contributed by atoms with Gasteiger partial charge in [0.15, 0.2) is 11.5 Å². The molecule has 1 aliphatic rings. The monoisotopic (exact) mass is 299 g/mol. The van der Waals surface area contributed by atoms with Gasteiger partial charge in [0.25, 0.3) is 0 Å². The topological polar surface area (TPSA) is 75.7 Å². The van der Waals surface area contributed by atoms with E-state index in [1.807, 2.05) is 18.2 Å². The first kappa shape index (κ1) is 14.9. The Morgan fingerprint density at radius 1 is 1.09 bits per heavy atom. The van der Waals surface area contributed by atoms with Crippen molar-refractivity contribution in [3.63, 3.8) is 0 Å². The Labute approximate surface area is 130 Å². The Balaban J connectivity index is 1.77. The molecule has 3 rings (SSSR count). The fraction of sp³-hybridized carbons (Fsp3) is 0.333.